The van der Waals surface area contributed by atoms with E-state index in [1.807, 2.05) is 0 Å². The minimum absolute atomic E-state index is 0.489. The highest BCUT2D eigenvalue weighted by molar-refractivity contribution is 4.79. The summed E-state index contributed by atoms with van der Waals surface area (Å²) in [5.74, 6) is 0.905. The van der Waals surface area contributed by atoms with Crippen LogP contribution in [0.4, 0.5) is 0 Å². The summed E-state index contributed by atoms with van der Waals surface area (Å²) in [6.07, 6.45) is 4.17. The highest BCUT2D eigenvalue weighted by Gasteiger charge is 2.27. The van der Waals surface area contributed by atoms with Gasteiger partial charge < -0.3 is 10.2 Å². The van der Waals surface area contributed by atoms with E-state index >= 15 is 0 Å². The Labute approximate surface area is 108 Å². The van der Waals surface area contributed by atoms with Crippen molar-refractivity contribution in [3.8, 4) is 0 Å². The molecule has 0 aromatic rings. The normalized spacial score (nSPS) is 25.6. The predicted octanol–water partition coefficient (Wildman–Crippen LogP) is 3.13. The Morgan fingerprint density at radius 2 is 1.94 bits per heavy atom. The number of rotatable bonds is 4. The number of nitrogens with zero attached hydrogens (tertiary/aromatic N) is 1. The quantitative estimate of drug-likeness (QED) is 0.812. The van der Waals surface area contributed by atoms with Gasteiger partial charge in [-0.3, -0.25) is 0 Å². The van der Waals surface area contributed by atoms with Gasteiger partial charge in [-0.15, -0.1) is 0 Å². The first-order valence-electron chi connectivity index (χ1n) is 7.39. The molecule has 0 saturated carbocycles. The molecule has 1 fully saturated rings. The molecule has 0 aromatic carbocycles. The zero-order valence-corrected chi connectivity index (χ0v) is 12.6. The number of hydrogen-bond donors (Lipinski definition) is 1. The molecule has 1 aliphatic heterocycles. The summed E-state index contributed by atoms with van der Waals surface area (Å²) in [7, 11) is 0. The van der Waals surface area contributed by atoms with Crippen LogP contribution in [0.25, 0.3) is 0 Å². The van der Waals surface area contributed by atoms with Gasteiger partial charge in [-0.05, 0) is 57.2 Å². The van der Waals surface area contributed by atoms with E-state index in [0.29, 0.717) is 11.5 Å². The molecule has 0 spiro atoms. The fourth-order valence-corrected chi connectivity index (χ4v) is 3.00. The molecule has 0 bridgehead atoms. The second-order valence-electron chi connectivity index (χ2n) is 6.75. The Morgan fingerprint density at radius 3 is 2.53 bits per heavy atom. The van der Waals surface area contributed by atoms with Crippen molar-refractivity contribution < 1.29 is 0 Å². The van der Waals surface area contributed by atoms with Gasteiger partial charge in [0, 0.05) is 12.6 Å². The standard InChI is InChI=1S/C15H32N2/c1-6-16-13(2)12-17-10-7-8-14(9-11-17)15(3,4)5/h13-14,16H,6-12H2,1-5H3. The number of nitrogens with one attached hydrogen (secondary N) is 1. The lowest BCUT2D eigenvalue weighted by Crippen LogP contribution is -2.39. The number of likely N-dealkylation sites (N-methyl/N-ethyl adjacent to an activating group) is 1. The molecule has 17 heavy (non-hydrogen) atoms. The Balaban J connectivity index is 2.37. The monoisotopic (exact) mass is 240 g/mol. The van der Waals surface area contributed by atoms with Crippen molar-refractivity contribution in [1.82, 2.24) is 10.2 Å². The summed E-state index contributed by atoms with van der Waals surface area (Å²) in [4.78, 5) is 2.65. The van der Waals surface area contributed by atoms with Gasteiger partial charge in [0.2, 0.25) is 0 Å². The van der Waals surface area contributed by atoms with Crippen LogP contribution in [-0.4, -0.2) is 37.1 Å². The molecule has 2 unspecified atom stereocenters. The molecule has 1 rings (SSSR count). The molecule has 102 valence electrons. The van der Waals surface area contributed by atoms with E-state index in [1.54, 1.807) is 0 Å². The maximum Gasteiger partial charge on any atom is 0.0166 e. The molecule has 0 radical (unpaired) electrons. The summed E-state index contributed by atoms with van der Waals surface area (Å²) in [5.41, 5.74) is 0.489. The van der Waals surface area contributed by atoms with Gasteiger partial charge in [0.25, 0.3) is 0 Å². The van der Waals surface area contributed by atoms with E-state index in [-0.39, 0.29) is 0 Å². The molecule has 1 heterocycles. The van der Waals surface area contributed by atoms with E-state index in [4.69, 9.17) is 0 Å². The zero-order valence-electron chi connectivity index (χ0n) is 12.6. The first-order valence-corrected chi connectivity index (χ1v) is 7.39. The van der Waals surface area contributed by atoms with Crippen LogP contribution in [0, 0.1) is 11.3 Å². The van der Waals surface area contributed by atoms with Gasteiger partial charge in [0.1, 0.15) is 0 Å². The Kier molecular flexibility index (Phi) is 5.94. The summed E-state index contributed by atoms with van der Waals surface area (Å²) in [6, 6.07) is 0.631. The van der Waals surface area contributed by atoms with Crippen LogP contribution >= 0.6 is 0 Å². The third-order valence-corrected chi connectivity index (χ3v) is 4.13. The van der Waals surface area contributed by atoms with Crippen molar-refractivity contribution in [2.24, 2.45) is 11.3 Å². The minimum atomic E-state index is 0.489. The van der Waals surface area contributed by atoms with Crippen LogP contribution in [0.15, 0.2) is 0 Å². The van der Waals surface area contributed by atoms with Crippen LogP contribution in [0.3, 0.4) is 0 Å². The predicted molar refractivity (Wildman–Crippen MR) is 76.4 cm³/mol. The van der Waals surface area contributed by atoms with E-state index in [1.165, 1.54) is 38.9 Å². The molecule has 0 aliphatic carbocycles. The third-order valence-electron chi connectivity index (χ3n) is 4.13. The topological polar surface area (TPSA) is 15.3 Å². The average molecular weight is 240 g/mol. The van der Waals surface area contributed by atoms with E-state index < -0.39 is 0 Å². The van der Waals surface area contributed by atoms with E-state index in [0.717, 1.165) is 12.5 Å². The third kappa shape index (κ3) is 5.39. The van der Waals surface area contributed by atoms with Crippen molar-refractivity contribution >= 4 is 0 Å². The molecule has 2 nitrogen and oxygen atoms in total. The van der Waals surface area contributed by atoms with Crippen LogP contribution < -0.4 is 5.32 Å². The SMILES string of the molecule is CCNC(C)CN1CCCC(C(C)(C)C)CC1. The lowest BCUT2D eigenvalue weighted by Gasteiger charge is -2.30. The zero-order chi connectivity index (χ0) is 12.9. The second-order valence-corrected chi connectivity index (χ2v) is 6.75. The molecule has 0 aromatic heterocycles. The van der Waals surface area contributed by atoms with Crippen molar-refractivity contribution in [3.63, 3.8) is 0 Å². The smallest absolute Gasteiger partial charge is 0.0166 e. The van der Waals surface area contributed by atoms with Gasteiger partial charge in [-0.25, -0.2) is 0 Å². The van der Waals surface area contributed by atoms with Crippen molar-refractivity contribution in [1.29, 1.82) is 0 Å². The lowest BCUT2D eigenvalue weighted by atomic mass is 9.77. The van der Waals surface area contributed by atoms with Crippen LogP contribution in [0.1, 0.15) is 53.9 Å². The van der Waals surface area contributed by atoms with E-state index in [2.05, 4.69) is 44.8 Å². The van der Waals surface area contributed by atoms with Crippen molar-refractivity contribution in [2.75, 3.05) is 26.2 Å². The molecule has 1 N–H and O–H groups in total. The average Bonchev–Trinajstić information content (AvgIpc) is 2.42. The second kappa shape index (κ2) is 6.75. The van der Waals surface area contributed by atoms with Crippen molar-refractivity contribution in [3.05, 3.63) is 0 Å². The highest BCUT2D eigenvalue weighted by Crippen LogP contribution is 2.34. The summed E-state index contributed by atoms with van der Waals surface area (Å²) in [5, 5.41) is 3.51. The fraction of sp³-hybridized carbons (Fsp3) is 1.00. The summed E-state index contributed by atoms with van der Waals surface area (Å²) in [6.45, 7) is 16.6. The first kappa shape index (κ1) is 15.0. The molecular formula is C15H32N2. The highest BCUT2D eigenvalue weighted by atomic mass is 15.1. The molecule has 1 saturated heterocycles. The van der Waals surface area contributed by atoms with Gasteiger partial charge in [0.15, 0.2) is 0 Å². The van der Waals surface area contributed by atoms with Gasteiger partial charge >= 0.3 is 0 Å². The molecule has 2 atom stereocenters. The molecule has 0 amide bonds. The van der Waals surface area contributed by atoms with E-state index in [9.17, 15) is 0 Å². The number of hydrogen-bond acceptors (Lipinski definition) is 2. The van der Waals surface area contributed by atoms with Crippen LogP contribution in [-0.2, 0) is 0 Å². The maximum atomic E-state index is 3.51. The lowest BCUT2D eigenvalue weighted by molar-refractivity contribution is 0.204. The first-order chi connectivity index (χ1) is 7.93. The molecule has 2 heteroatoms. The minimum Gasteiger partial charge on any atom is -0.313 e. The largest absolute Gasteiger partial charge is 0.313 e. The maximum absolute atomic E-state index is 3.51. The molecular weight excluding hydrogens is 208 g/mol. The van der Waals surface area contributed by atoms with Crippen LogP contribution in [0.5, 0.6) is 0 Å². The van der Waals surface area contributed by atoms with Gasteiger partial charge in [0.05, 0.1) is 0 Å². The summed E-state index contributed by atoms with van der Waals surface area (Å²) < 4.78 is 0. The Bertz CT molecular complexity index is 207. The Morgan fingerprint density at radius 1 is 1.24 bits per heavy atom. The van der Waals surface area contributed by atoms with Crippen molar-refractivity contribution in [2.45, 2.75) is 59.9 Å². The summed E-state index contributed by atoms with van der Waals surface area (Å²) >= 11 is 0. The van der Waals surface area contributed by atoms with Crippen LogP contribution in [0.2, 0.25) is 0 Å². The molecule has 1 aliphatic rings. The fourth-order valence-electron chi connectivity index (χ4n) is 3.00. The van der Waals surface area contributed by atoms with Gasteiger partial charge in [-0.1, -0.05) is 27.7 Å². The van der Waals surface area contributed by atoms with Gasteiger partial charge in [-0.2, -0.15) is 0 Å². The number of likely N-dealkylation sites (tertiary alicyclic amines) is 1. The Hall–Kier alpha value is -0.0800.